The Kier molecular flexibility index (Phi) is 4.14. The monoisotopic (exact) mass is 224 g/mol. The van der Waals surface area contributed by atoms with Crippen molar-refractivity contribution < 1.29 is 5.11 Å². The van der Waals surface area contributed by atoms with Crippen LogP contribution in [0.15, 0.2) is 12.5 Å². The van der Waals surface area contributed by atoms with Gasteiger partial charge in [0.25, 0.3) is 0 Å². The molecule has 3 nitrogen and oxygen atoms in total. The van der Waals surface area contributed by atoms with Crippen LogP contribution in [-0.2, 0) is 0 Å². The molecule has 0 fully saturated rings. The molecule has 0 spiro atoms. The molecule has 1 heterocycles. The van der Waals surface area contributed by atoms with Crippen molar-refractivity contribution in [3.63, 3.8) is 0 Å². The number of hydrogen-bond acceptors (Lipinski definition) is 2. The molecule has 1 rings (SSSR count). The number of aliphatic hydroxyl groups excluding tert-OH is 1. The minimum Gasteiger partial charge on any atom is -0.387 e. The van der Waals surface area contributed by atoms with Crippen LogP contribution in [0.4, 0.5) is 0 Å². The molecule has 0 saturated heterocycles. The average Bonchev–Trinajstić information content (AvgIpc) is 2.61. The normalized spacial score (nSPS) is 14.4. The standard InChI is InChI=1S/C13H24N2O/c1-10(2)15-9-14-8-11(15)12(16)6-7-13(3,4)5/h8-10,12,16H,6-7H2,1-5H3. The van der Waals surface area contributed by atoms with Crippen LogP contribution in [0.5, 0.6) is 0 Å². The molecule has 3 heteroatoms. The zero-order valence-electron chi connectivity index (χ0n) is 11.1. The first kappa shape index (κ1) is 13.2. The van der Waals surface area contributed by atoms with Crippen molar-refractivity contribution in [2.24, 2.45) is 5.41 Å². The topological polar surface area (TPSA) is 38.0 Å². The van der Waals surface area contributed by atoms with Gasteiger partial charge in [0.1, 0.15) is 0 Å². The molecule has 0 aliphatic carbocycles. The molecule has 16 heavy (non-hydrogen) atoms. The number of imidazole rings is 1. The Bertz CT molecular complexity index is 323. The van der Waals surface area contributed by atoms with Gasteiger partial charge >= 0.3 is 0 Å². The Morgan fingerprint density at radius 3 is 2.50 bits per heavy atom. The fourth-order valence-corrected chi connectivity index (χ4v) is 1.72. The fourth-order valence-electron chi connectivity index (χ4n) is 1.72. The van der Waals surface area contributed by atoms with E-state index >= 15 is 0 Å². The molecule has 0 amide bonds. The van der Waals surface area contributed by atoms with Crippen molar-refractivity contribution in [2.75, 3.05) is 0 Å². The Balaban J connectivity index is 2.66. The molecule has 0 saturated carbocycles. The fraction of sp³-hybridized carbons (Fsp3) is 0.769. The third-order valence-corrected chi connectivity index (χ3v) is 2.76. The first-order valence-electron chi connectivity index (χ1n) is 6.01. The van der Waals surface area contributed by atoms with Gasteiger partial charge in [-0.3, -0.25) is 0 Å². The van der Waals surface area contributed by atoms with E-state index in [2.05, 4.69) is 39.6 Å². The minimum absolute atomic E-state index is 0.268. The van der Waals surface area contributed by atoms with Crippen LogP contribution < -0.4 is 0 Å². The summed E-state index contributed by atoms with van der Waals surface area (Å²) in [6.07, 6.45) is 4.97. The van der Waals surface area contributed by atoms with Gasteiger partial charge in [0.15, 0.2) is 0 Å². The van der Waals surface area contributed by atoms with E-state index in [1.165, 1.54) is 0 Å². The maximum absolute atomic E-state index is 10.1. The van der Waals surface area contributed by atoms with Gasteiger partial charge in [-0.15, -0.1) is 0 Å². The van der Waals surface area contributed by atoms with Crippen molar-refractivity contribution in [2.45, 2.75) is 59.6 Å². The summed E-state index contributed by atoms with van der Waals surface area (Å²) in [6, 6.07) is 0.349. The number of rotatable bonds is 4. The predicted molar refractivity (Wildman–Crippen MR) is 66.3 cm³/mol. The van der Waals surface area contributed by atoms with E-state index in [-0.39, 0.29) is 5.41 Å². The summed E-state index contributed by atoms with van der Waals surface area (Å²) in [7, 11) is 0. The molecule has 1 aromatic heterocycles. The summed E-state index contributed by atoms with van der Waals surface area (Å²) >= 11 is 0. The zero-order valence-corrected chi connectivity index (χ0v) is 11.1. The third-order valence-electron chi connectivity index (χ3n) is 2.76. The van der Waals surface area contributed by atoms with E-state index in [0.29, 0.717) is 6.04 Å². The smallest absolute Gasteiger partial charge is 0.0956 e. The zero-order chi connectivity index (χ0) is 12.3. The van der Waals surface area contributed by atoms with Gasteiger partial charge < -0.3 is 9.67 Å². The van der Waals surface area contributed by atoms with Crippen LogP contribution in [-0.4, -0.2) is 14.7 Å². The van der Waals surface area contributed by atoms with E-state index in [1.54, 1.807) is 12.5 Å². The quantitative estimate of drug-likeness (QED) is 0.852. The predicted octanol–water partition coefficient (Wildman–Crippen LogP) is 3.32. The lowest BCUT2D eigenvalue weighted by molar-refractivity contribution is 0.138. The van der Waals surface area contributed by atoms with Crippen LogP contribution in [0.25, 0.3) is 0 Å². The Morgan fingerprint density at radius 2 is 2.00 bits per heavy atom. The molecule has 1 atom stereocenters. The number of aromatic nitrogens is 2. The Morgan fingerprint density at radius 1 is 1.38 bits per heavy atom. The van der Waals surface area contributed by atoms with E-state index < -0.39 is 6.10 Å². The number of nitrogens with zero attached hydrogens (tertiary/aromatic N) is 2. The lowest BCUT2D eigenvalue weighted by Crippen LogP contribution is -2.12. The molecule has 0 bridgehead atoms. The summed E-state index contributed by atoms with van der Waals surface area (Å²) in [5.74, 6) is 0. The highest BCUT2D eigenvalue weighted by Crippen LogP contribution is 2.28. The summed E-state index contributed by atoms with van der Waals surface area (Å²) in [5, 5.41) is 10.1. The third kappa shape index (κ3) is 3.63. The SMILES string of the molecule is CC(C)n1cncc1C(O)CCC(C)(C)C. The second kappa shape index (κ2) is 5.00. The molecule has 0 radical (unpaired) electrons. The highest BCUT2D eigenvalue weighted by molar-refractivity contribution is 5.03. The lowest BCUT2D eigenvalue weighted by Gasteiger charge is -2.21. The van der Waals surface area contributed by atoms with Gasteiger partial charge in [-0.25, -0.2) is 4.98 Å². The van der Waals surface area contributed by atoms with Gasteiger partial charge in [0, 0.05) is 6.04 Å². The van der Waals surface area contributed by atoms with Gasteiger partial charge in [0.05, 0.1) is 24.3 Å². The first-order valence-corrected chi connectivity index (χ1v) is 6.01. The van der Waals surface area contributed by atoms with Crippen LogP contribution in [0.3, 0.4) is 0 Å². The van der Waals surface area contributed by atoms with Crippen molar-refractivity contribution in [3.05, 3.63) is 18.2 Å². The maximum Gasteiger partial charge on any atom is 0.0956 e. The van der Waals surface area contributed by atoms with E-state index in [1.807, 2.05) is 4.57 Å². The van der Waals surface area contributed by atoms with Crippen LogP contribution >= 0.6 is 0 Å². The molecular formula is C13H24N2O. The second-order valence-electron chi connectivity index (χ2n) is 5.93. The summed E-state index contributed by atoms with van der Waals surface area (Å²) < 4.78 is 2.04. The lowest BCUT2D eigenvalue weighted by atomic mass is 9.89. The largest absolute Gasteiger partial charge is 0.387 e. The van der Waals surface area contributed by atoms with Crippen LogP contribution in [0, 0.1) is 5.41 Å². The maximum atomic E-state index is 10.1. The van der Waals surface area contributed by atoms with Crippen molar-refractivity contribution in [1.29, 1.82) is 0 Å². The van der Waals surface area contributed by atoms with Crippen LogP contribution in [0.1, 0.15) is 65.3 Å². The van der Waals surface area contributed by atoms with Gasteiger partial charge in [0.2, 0.25) is 0 Å². The summed E-state index contributed by atoms with van der Waals surface area (Å²) in [5.41, 5.74) is 1.20. The Hall–Kier alpha value is -0.830. The molecular weight excluding hydrogens is 200 g/mol. The van der Waals surface area contributed by atoms with E-state index in [4.69, 9.17) is 0 Å². The molecule has 92 valence electrons. The van der Waals surface area contributed by atoms with Crippen molar-refractivity contribution in [3.8, 4) is 0 Å². The number of aliphatic hydroxyl groups is 1. The van der Waals surface area contributed by atoms with Gasteiger partial charge in [-0.1, -0.05) is 20.8 Å². The summed E-state index contributed by atoms with van der Waals surface area (Å²) in [6.45, 7) is 10.8. The van der Waals surface area contributed by atoms with Crippen molar-refractivity contribution in [1.82, 2.24) is 9.55 Å². The van der Waals surface area contributed by atoms with E-state index in [0.717, 1.165) is 18.5 Å². The van der Waals surface area contributed by atoms with Gasteiger partial charge in [-0.05, 0) is 32.1 Å². The Labute approximate surface area is 98.5 Å². The molecule has 0 aliphatic heterocycles. The van der Waals surface area contributed by atoms with Gasteiger partial charge in [-0.2, -0.15) is 0 Å². The summed E-state index contributed by atoms with van der Waals surface area (Å²) in [4.78, 5) is 4.11. The molecule has 1 unspecified atom stereocenters. The average molecular weight is 224 g/mol. The molecule has 1 aromatic rings. The second-order valence-corrected chi connectivity index (χ2v) is 5.93. The minimum atomic E-state index is -0.399. The highest BCUT2D eigenvalue weighted by atomic mass is 16.3. The number of hydrogen-bond donors (Lipinski definition) is 1. The highest BCUT2D eigenvalue weighted by Gasteiger charge is 2.18. The molecule has 1 N–H and O–H groups in total. The molecule has 0 aliphatic rings. The van der Waals surface area contributed by atoms with Crippen LogP contribution in [0.2, 0.25) is 0 Å². The van der Waals surface area contributed by atoms with Crippen molar-refractivity contribution >= 4 is 0 Å². The molecule has 0 aromatic carbocycles. The van der Waals surface area contributed by atoms with E-state index in [9.17, 15) is 5.11 Å². The first-order chi connectivity index (χ1) is 7.31.